The van der Waals surface area contributed by atoms with Gasteiger partial charge < -0.3 is 9.47 Å². The minimum atomic E-state index is -0.269. The summed E-state index contributed by atoms with van der Waals surface area (Å²) in [5.41, 5.74) is 1.28. The highest BCUT2D eigenvalue weighted by atomic mass is 16.5. The maximum Gasteiger partial charge on any atom is 0.333 e. The van der Waals surface area contributed by atoms with Gasteiger partial charge in [0.15, 0.2) is 0 Å². The SMILES string of the molecule is [CH2]CCC(CCCCCCCCCCOC(=O)C(=C)C)C(C)(CCCCCCCCCCOC(=O)C(=C)C)[C](C)C. The first-order valence-corrected chi connectivity index (χ1v) is 16.8. The van der Waals surface area contributed by atoms with Crippen LogP contribution in [-0.4, -0.2) is 25.2 Å². The molecule has 0 saturated heterocycles. The Bertz CT molecular complexity index is 710. The molecular formula is C37H66O4. The molecule has 0 aliphatic carbocycles. The Kier molecular flexibility index (Phi) is 24.0. The molecule has 0 amide bonds. The van der Waals surface area contributed by atoms with E-state index in [0.717, 1.165) is 38.0 Å². The Morgan fingerprint density at radius 3 is 1.32 bits per heavy atom. The number of hydrogen-bond acceptors (Lipinski definition) is 4. The predicted octanol–water partition coefficient (Wildman–Crippen LogP) is 11.1. The van der Waals surface area contributed by atoms with Gasteiger partial charge in [-0.25, -0.2) is 9.59 Å². The summed E-state index contributed by atoms with van der Waals surface area (Å²) in [5, 5.41) is 0. The van der Waals surface area contributed by atoms with Gasteiger partial charge in [-0.1, -0.05) is 137 Å². The molecule has 238 valence electrons. The maximum absolute atomic E-state index is 11.4. The van der Waals surface area contributed by atoms with E-state index in [1.54, 1.807) is 19.8 Å². The first-order valence-electron chi connectivity index (χ1n) is 16.8. The second kappa shape index (κ2) is 25.0. The molecule has 0 bridgehead atoms. The van der Waals surface area contributed by atoms with Gasteiger partial charge >= 0.3 is 11.9 Å². The first-order chi connectivity index (χ1) is 19.6. The zero-order chi connectivity index (χ0) is 30.9. The second-order valence-corrected chi connectivity index (χ2v) is 12.8. The summed E-state index contributed by atoms with van der Waals surface area (Å²) in [6.07, 6.45) is 24.6. The number of esters is 2. The molecule has 0 aliphatic rings. The number of rotatable bonds is 28. The lowest BCUT2D eigenvalue weighted by Crippen LogP contribution is -2.32. The van der Waals surface area contributed by atoms with E-state index >= 15 is 0 Å². The van der Waals surface area contributed by atoms with E-state index in [9.17, 15) is 9.59 Å². The lowest BCUT2D eigenvalue weighted by Gasteiger charge is -2.42. The highest BCUT2D eigenvalue weighted by Gasteiger charge is 2.35. The number of hydrogen-bond donors (Lipinski definition) is 0. The summed E-state index contributed by atoms with van der Waals surface area (Å²) in [7, 11) is 0. The molecular weight excluding hydrogens is 508 g/mol. The average Bonchev–Trinajstić information content (AvgIpc) is 2.93. The summed E-state index contributed by atoms with van der Waals surface area (Å²) in [6.45, 7) is 23.1. The van der Waals surface area contributed by atoms with E-state index in [4.69, 9.17) is 9.47 Å². The molecule has 2 radical (unpaired) electrons. The zero-order valence-electron chi connectivity index (χ0n) is 27.9. The lowest BCUT2D eigenvalue weighted by molar-refractivity contribution is -0.139. The maximum atomic E-state index is 11.4. The number of unbranched alkanes of at least 4 members (excludes halogenated alkanes) is 14. The molecule has 0 saturated carbocycles. The molecule has 0 spiro atoms. The van der Waals surface area contributed by atoms with E-state index in [-0.39, 0.29) is 11.9 Å². The predicted molar refractivity (Wildman–Crippen MR) is 175 cm³/mol. The number of ether oxygens (including phenoxy) is 2. The van der Waals surface area contributed by atoms with Crippen molar-refractivity contribution in [2.75, 3.05) is 13.2 Å². The molecule has 41 heavy (non-hydrogen) atoms. The molecule has 4 nitrogen and oxygen atoms in total. The highest BCUT2D eigenvalue weighted by molar-refractivity contribution is 5.87. The van der Waals surface area contributed by atoms with Crippen molar-refractivity contribution in [3.63, 3.8) is 0 Å². The van der Waals surface area contributed by atoms with Gasteiger partial charge in [0.25, 0.3) is 0 Å². The van der Waals surface area contributed by atoms with Gasteiger partial charge in [0, 0.05) is 11.1 Å². The summed E-state index contributed by atoms with van der Waals surface area (Å²) in [6, 6.07) is 0. The average molecular weight is 575 g/mol. The van der Waals surface area contributed by atoms with Crippen molar-refractivity contribution in [2.24, 2.45) is 11.3 Å². The van der Waals surface area contributed by atoms with Crippen molar-refractivity contribution < 1.29 is 19.1 Å². The largest absolute Gasteiger partial charge is 0.462 e. The normalized spacial score (nSPS) is 13.5. The summed E-state index contributed by atoms with van der Waals surface area (Å²) in [4.78, 5) is 22.8. The van der Waals surface area contributed by atoms with Crippen LogP contribution in [0.1, 0.15) is 163 Å². The molecule has 0 aromatic heterocycles. The van der Waals surface area contributed by atoms with Crippen LogP contribution in [0.2, 0.25) is 0 Å². The molecule has 2 unspecified atom stereocenters. The number of carbonyl (C=O) groups is 2. The quantitative estimate of drug-likeness (QED) is 0.0530. The van der Waals surface area contributed by atoms with Gasteiger partial charge in [-0.05, 0) is 63.2 Å². The van der Waals surface area contributed by atoms with Crippen LogP contribution in [0.3, 0.4) is 0 Å². The summed E-state index contributed by atoms with van der Waals surface area (Å²) >= 11 is 0. The molecule has 2 atom stereocenters. The van der Waals surface area contributed by atoms with Crippen LogP contribution in [0.4, 0.5) is 0 Å². The Labute approximate surface area is 255 Å². The Balaban J connectivity index is 4.07. The Morgan fingerprint density at radius 2 is 0.951 bits per heavy atom. The van der Waals surface area contributed by atoms with Crippen molar-refractivity contribution in [1.82, 2.24) is 0 Å². The lowest BCUT2D eigenvalue weighted by atomic mass is 9.63. The van der Waals surface area contributed by atoms with Crippen LogP contribution in [0, 0.1) is 24.2 Å². The smallest absolute Gasteiger partial charge is 0.333 e. The van der Waals surface area contributed by atoms with Crippen molar-refractivity contribution in [3.8, 4) is 0 Å². The zero-order valence-corrected chi connectivity index (χ0v) is 27.9. The number of carbonyl (C=O) groups excluding carboxylic acids is 2. The van der Waals surface area contributed by atoms with Gasteiger partial charge in [-0.3, -0.25) is 0 Å². The van der Waals surface area contributed by atoms with Crippen molar-refractivity contribution in [3.05, 3.63) is 37.1 Å². The van der Waals surface area contributed by atoms with E-state index in [0.29, 0.717) is 29.8 Å². The Hall–Kier alpha value is -1.58. The fraction of sp³-hybridized carbons (Fsp3) is 0.784. The van der Waals surface area contributed by atoms with Crippen LogP contribution in [-0.2, 0) is 19.1 Å². The molecule has 0 N–H and O–H groups in total. The fourth-order valence-electron chi connectivity index (χ4n) is 5.67. The van der Waals surface area contributed by atoms with E-state index in [1.165, 1.54) is 96.3 Å². The van der Waals surface area contributed by atoms with Crippen LogP contribution >= 0.6 is 0 Å². The van der Waals surface area contributed by atoms with Gasteiger partial charge in [-0.2, -0.15) is 0 Å². The van der Waals surface area contributed by atoms with E-state index in [2.05, 4.69) is 40.9 Å². The monoisotopic (exact) mass is 574 g/mol. The second-order valence-electron chi connectivity index (χ2n) is 12.8. The van der Waals surface area contributed by atoms with Crippen LogP contribution in [0.5, 0.6) is 0 Å². The third kappa shape index (κ3) is 20.0. The van der Waals surface area contributed by atoms with E-state index in [1.807, 2.05) is 0 Å². The summed E-state index contributed by atoms with van der Waals surface area (Å²) in [5.74, 6) is 1.80. The Morgan fingerprint density at radius 1 is 0.585 bits per heavy atom. The van der Waals surface area contributed by atoms with Crippen molar-refractivity contribution >= 4 is 11.9 Å². The minimum Gasteiger partial charge on any atom is -0.462 e. The highest BCUT2D eigenvalue weighted by Crippen LogP contribution is 2.46. The van der Waals surface area contributed by atoms with Crippen LogP contribution in [0.25, 0.3) is 0 Å². The van der Waals surface area contributed by atoms with Gasteiger partial charge in [-0.15, -0.1) is 0 Å². The summed E-state index contributed by atoms with van der Waals surface area (Å²) < 4.78 is 10.3. The van der Waals surface area contributed by atoms with Crippen molar-refractivity contribution in [2.45, 2.75) is 163 Å². The topological polar surface area (TPSA) is 52.6 Å². The molecule has 0 aliphatic heterocycles. The van der Waals surface area contributed by atoms with Gasteiger partial charge in [0.2, 0.25) is 0 Å². The molecule has 0 aromatic carbocycles. The molecule has 0 heterocycles. The van der Waals surface area contributed by atoms with Gasteiger partial charge in [0.1, 0.15) is 0 Å². The fourth-order valence-corrected chi connectivity index (χ4v) is 5.67. The van der Waals surface area contributed by atoms with E-state index < -0.39 is 0 Å². The molecule has 0 aromatic rings. The molecule has 0 fully saturated rings. The standard InChI is InChI=1S/C37H66O4/c1-9-26-34(27-22-18-14-10-12-16-20-24-29-40-35(38)31(2)3)37(8,33(6)7)28-23-19-15-11-13-17-21-25-30-41-36(39)32(4)5/h34H,1-2,4,9-30H2,3,5-8H3. The minimum absolute atomic E-state index is 0.269. The van der Waals surface area contributed by atoms with Crippen LogP contribution < -0.4 is 0 Å². The third-order valence-corrected chi connectivity index (χ3v) is 8.80. The van der Waals surface area contributed by atoms with Crippen molar-refractivity contribution in [1.29, 1.82) is 0 Å². The van der Waals surface area contributed by atoms with Crippen LogP contribution in [0.15, 0.2) is 24.3 Å². The molecule has 0 rings (SSSR count). The third-order valence-electron chi connectivity index (χ3n) is 8.80. The molecule has 4 heteroatoms. The first kappa shape index (κ1) is 39.4. The van der Waals surface area contributed by atoms with Gasteiger partial charge in [0.05, 0.1) is 13.2 Å².